The second kappa shape index (κ2) is 8.11. The second-order valence-electron chi connectivity index (χ2n) is 5.59. The maximum atomic E-state index is 12.5. The van der Waals surface area contributed by atoms with Crippen LogP contribution in [0.25, 0.3) is 0 Å². The number of hydrogen-bond donors (Lipinski definition) is 1. The van der Waals surface area contributed by atoms with Crippen LogP contribution in [0, 0.1) is 6.92 Å². The fraction of sp³-hybridized carbons (Fsp3) is 0.333. The van der Waals surface area contributed by atoms with Crippen molar-refractivity contribution in [2.75, 3.05) is 23.8 Å². The van der Waals surface area contributed by atoms with Crippen molar-refractivity contribution < 1.29 is 4.79 Å². The van der Waals surface area contributed by atoms with Gasteiger partial charge >= 0.3 is 0 Å². The number of halogens is 1. The van der Waals surface area contributed by atoms with E-state index in [0.717, 1.165) is 40.9 Å². The molecule has 0 aliphatic rings. The number of aryl methyl sites for hydroxylation is 1. The van der Waals surface area contributed by atoms with Crippen LogP contribution < -0.4 is 10.2 Å². The fourth-order valence-electron chi connectivity index (χ4n) is 2.24. The highest BCUT2D eigenvalue weighted by Gasteiger charge is 2.10. The van der Waals surface area contributed by atoms with Crippen LogP contribution >= 0.6 is 15.9 Å². The number of anilines is 2. The number of pyridine rings is 1. The molecule has 0 aliphatic carbocycles. The number of aromatic nitrogens is 1. The molecule has 0 spiro atoms. The van der Waals surface area contributed by atoms with Crippen LogP contribution in [0.4, 0.5) is 11.5 Å². The normalized spacial score (nSPS) is 10.4. The van der Waals surface area contributed by atoms with Crippen molar-refractivity contribution in [2.45, 2.75) is 26.7 Å². The lowest BCUT2D eigenvalue weighted by Crippen LogP contribution is -2.20. The lowest BCUT2D eigenvalue weighted by atomic mass is 10.2. The number of hydrogen-bond acceptors (Lipinski definition) is 3. The predicted molar refractivity (Wildman–Crippen MR) is 99.2 cm³/mol. The van der Waals surface area contributed by atoms with Crippen LogP contribution in [0.5, 0.6) is 0 Å². The molecule has 0 saturated heterocycles. The smallest absolute Gasteiger partial charge is 0.255 e. The van der Waals surface area contributed by atoms with E-state index in [1.165, 1.54) is 0 Å². The van der Waals surface area contributed by atoms with E-state index in [2.05, 4.69) is 38.1 Å². The van der Waals surface area contributed by atoms with Crippen molar-refractivity contribution in [1.82, 2.24) is 4.98 Å². The number of carbonyl (C=O) groups is 1. The topological polar surface area (TPSA) is 45.2 Å². The van der Waals surface area contributed by atoms with Crippen molar-refractivity contribution in [3.05, 3.63) is 52.1 Å². The Balaban J connectivity index is 2.13. The Bertz CT molecular complexity index is 688. The van der Waals surface area contributed by atoms with Gasteiger partial charge < -0.3 is 10.2 Å². The van der Waals surface area contributed by atoms with Crippen molar-refractivity contribution in [2.24, 2.45) is 0 Å². The molecule has 0 atom stereocenters. The summed E-state index contributed by atoms with van der Waals surface area (Å²) in [5.74, 6) is 0.696. The third kappa shape index (κ3) is 4.79. The molecule has 0 aliphatic heterocycles. The molecule has 2 aromatic rings. The van der Waals surface area contributed by atoms with Crippen LogP contribution in [0.1, 0.15) is 35.7 Å². The maximum Gasteiger partial charge on any atom is 0.255 e. The van der Waals surface area contributed by atoms with Crippen molar-refractivity contribution >= 4 is 33.3 Å². The van der Waals surface area contributed by atoms with Crippen molar-refractivity contribution in [3.8, 4) is 0 Å². The standard InChI is InChI=1S/C18H22BrN3O/c1-4-5-10-22(3)17-12-14(8-9-20-17)18(23)21-16-7-6-15(19)11-13(16)2/h6-9,11-12H,4-5,10H2,1-3H3,(H,21,23). The Hall–Kier alpha value is -1.88. The van der Waals surface area contributed by atoms with E-state index in [1.807, 2.05) is 38.2 Å². The average Bonchev–Trinajstić information content (AvgIpc) is 2.55. The van der Waals surface area contributed by atoms with Gasteiger partial charge in [-0.1, -0.05) is 29.3 Å². The highest BCUT2D eigenvalue weighted by atomic mass is 79.9. The zero-order valence-electron chi connectivity index (χ0n) is 13.8. The summed E-state index contributed by atoms with van der Waals surface area (Å²) in [6.45, 7) is 5.06. The van der Waals surface area contributed by atoms with Gasteiger partial charge in [0.25, 0.3) is 5.91 Å². The predicted octanol–water partition coefficient (Wildman–Crippen LogP) is 4.64. The monoisotopic (exact) mass is 375 g/mol. The van der Waals surface area contributed by atoms with E-state index in [9.17, 15) is 4.79 Å². The summed E-state index contributed by atoms with van der Waals surface area (Å²) in [6.07, 6.45) is 3.92. The van der Waals surface area contributed by atoms with Gasteiger partial charge in [0, 0.05) is 35.5 Å². The van der Waals surface area contributed by atoms with Crippen LogP contribution in [0.2, 0.25) is 0 Å². The van der Waals surface area contributed by atoms with E-state index in [0.29, 0.717) is 5.56 Å². The lowest BCUT2D eigenvalue weighted by Gasteiger charge is -2.18. The quantitative estimate of drug-likeness (QED) is 0.799. The van der Waals surface area contributed by atoms with Crippen LogP contribution in [0.15, 0.2) is 41.0 Å². The first-order valence-corrected chi connectivity index (χ1v) is 8.55. The molecule has 0 radical (unpaired) electrons. The first-order valence-electron chi connectivity index (χ1n) is 7.76. The highest BCUT2D eigenvalue weighted by Crippen LogP contribution is 2.21. The largest absolute Gasteiger partial charge is 0.360 e. The number of nitrogens with zero attached hydrogens (tertiary/aromatic N) is 2. The molecule has 1 heterocycles. The van der Waals surface area contributed by atoms with Gasteiger partial charge in [-0.25, -0.2) is 4.98 Å². The van der Waals surface area contributed by atoms with Gasteiger partial charge in [0.2, 0.25) is 0 Å². The van der Waals surface area contributed by atoms with E-state index in [4.69, 9.17) is 0 Å². The first kappa shape index (κ1) is 17.5. The number of rotatable bonds is 6. The zero-order chi connectivity index (χ0) is 16.8. The molecular weight excluding hydrogens is 354 g/mol. The molecule has 0 unspecified atom stereocenters. The van der Waals surface area contributed by atoms with Crippen LogP contribution in [-0.4, -0.2) is 24.5 Å². The number of carbonyl (C=O) groups excluding carboxylic acids is 1. The molecule has 0 bridgehead atoms. The van der Waals surface area contributed by atoms with E-state index in [1.54, 1.807) is 12.3 Å². The summed E-state index contributed by atoms with van der Waals surface area (Å²) in [7, 11) is 2.00. The number of benzene rings is 1. The highest BCUT2D eigenvalue weighted by molar-refractivity contribution is 9.10. The summed E-state index contributed by atoms with van der Waals surface area (Å²) >= 11 is 3.43. The van der Waals surface area contributed by atoms with Gasteiger partial charge in [0.1, 0.15) is 5.82 Å². The third-order valence-corrected chi connectivity index (χ3v) is 4.18. The molecule has 122 valence electrons. The fourth-order valence-corrected chi connectivity index (χ4v) is 2.72. The minimum atomic E-state index is -0.122. The number of amides is 1. The van der Waals surface area contributed by atoms with Crippen molar-refractivity contribution in [3.63, 3.8) is 0 Å². The Morgan fingerprint density at radius 2 is 2.09 bits per heavy atom. The number of nitrogens with one attached hydrogen (secondary N) is 1. The molecule has 1 aromatic heterocycles. The molecule has 0 fully saturated rings. The SMILES string of the molecule is CCCCN(C)c1cc(C(=O)Nc2ccc(Br)cc2C)ccn1. The van der Waals surface area contributed by atoms with Crippen LogP contribution in [-0.2, 0) is 0 Å². The van der Waals surface area contributed by atoms with Crippen LogP contribution in [0.3, 0.4) is 0 Å². The van der Waals surface area contributed by atoms with Gasteiger partial charge in [0.15, 0.2) is 0 Å². The van der Waals surface area contributed by atoms with Gasteiger partial charge in [-0.15, -0.1) is 0 Å². The minimum absolute atomic E-state index is 0.122. The Labute approximate surface area is 146 Å². The average molecular weight is 376 g/mol. The second-order valence-corrected chi connectivity index (χ2v) is 6.51. The molecule has 4 nitrogen and oxygen atoms in total. The first-order chi connectivity index (χ1) is 11.0. The summed E-state index contributed by atoms with van der Waals surface area (Å²) in [5, 5.41) is 2.96. The lowest BCUT2D eigenvalue weighted by molar-refractivity contribution is 0.102. The van der Waals surface area contributed by atoms with E-state index >= 15 is 0 Å². The summed E-state index contributed by atoms with van der Waals surface area (Å²) in [5.41, 5.74) is 2.44. The van der Waals surface area contributed by atoms with Gasteiger partial charge in [0.05, 0.1) is 0 Å². The molecule has 23 heavy (non-hydrogen) atoms. The Morgan fingerprint density at radius 1 is 1.30 bits per heavy atom. The molecule has 0 saturated carbocycles. The third-order valence-electron chi connectivity index (χ3n) is 3.68. The van der Waals surface area contributed by atoms with E-state index in [-0.39, 0.29) is 5.91 Å². The van der Waals surface area contributed by atoms with Gasteiger partial charge in [-0.05, 0) is 49.2 Å². The zero-order valence-corrected chi connectivity index (χ0v) is 15.4. The molecule has 1 aromatic carbocycles. The van der Waals surface area contributed by atoms with Crippen molar-refractivity contribution in [1.29, 1.82) is 0 Å². The Morgan fingerprint density at radius 3 is 2.78 bits per heavy atom. The molecule has 1 N–H and O–H groups in total. The summed E-state index contributed by atoms with van der Waals surface area (Å²) in [4.78, 5) is 18.9. The molecule has 1 amide bonds. The maximum absolute atomic E-state index is 12.5. The van der Waals surface area contributed by atoms with E-state index < -0.39 is 0 Å². The Kier molecular flexibility index (Phi) is 6.16. The molecule has 2 rings (SSSR count). The van der Waals surface area contributed by atoms with Gasteiger partial charge in [-0.3, -0.25) is 4.79 Å². The summed E-state index contributed by atoms with van der Waals surface area (Å²) in [6, 6.07) is 9.36. The molecule has 5 heteroatoms. The molecular formula is C18H22BrN3O. The number of unbranched alkanes of at least 4 members (excludes halogenated alkanes) is 1. The minimum Gasteiger partial charge on any atom is -0.360 e. The summed E-state index contributed by atoms with van der Waals surface area (Å²) < 4.78 is 0.997. The van der Waals surface area contributed by atoms with Gasteiger partial charge in [-0.2, -0.15) is 0 Å².